The molecule has 20 heavy (non-hydrogen) atoms. The van der Waals surface area contributed by atoms with E-state index < -0.39 is 5.97 Å². The average Bonchev–Trinajstić information content (AvgIpc) is 2.34. The van der Waals surface area contributed by atoms with Gasteiger partial charge in [0, 0.05) is 6.04 Å². The molecule has 1 fully saturated rings. The highest BCUT2D eigenvalue weighted by molar-refractivity contribution is 5.79. The Morgan fingerprint density at radius 2 is 2.05 bits per heavy atom. The molecule has 5 heteroatoms. The van der Waals surface area contributed by atoms with Crippen molar-refractivity contribution in [2.75, 3.05) is 19.6 Å². The molecule has 1 aliphatic rings. The van der Waals surface area contributed by atoms with E-state index in [1.54, 1.807) is 0 Å². The second-order valence-corrected chi connectivity index (χ2v) is 5.68. The van der Waals surface area contributed by atoms with Crippen molar-refractivity contribution < 1.29 is 14.7 Å². The number of hydrogen-bond donors (Lipinski definition) is 2. The Hall–Kier alpha value is -1.54. The van der Waals surface area contributed by atoms with Crippen molar-refractivity contribution in [2.24, 2.45) is 11.8 Å². The van der Waals surface area contributed by atoms with Crippen LogP contribution in [0.4, 0.5) is 0 Å². The lowest BCUT2D eigenvalue weighted by molar-refractivity contribution is -0.138. The maximum atomic E-state index is 12.0. The van der Waals surface area contributed by atoms with Gasteiger partial charge >= 0.3 is 5.97 Å². The average molecular weight is 280 g/mol. The van der Waals surface area contributed by atoms with Crippen LogP contribution in [0.5, 0.6) is 0 Å². The van der Waals surface area contributed by atoms with Gasteiger partial charge in [-0.2, -0.15) is 0 Å². The third kappa shape index (κ3) is 5.22. The van der Waals surface area contributed by atoms with Crippen LogP contribution in [0, 0.1) is 24.2 Å². The van der Waals surface area contributed by atoms with Crippen molar-refractivity contribution in [3.8, 4) is 12.3 Å². The summed E-state index contributed by atoms with van der Waals surface area (Å²) in [6, 6.07) is 0.184. The summed E-state index contributed by atoms with van der Waals surface area (Å²) >= 11 is 0. The van der Waals surface area contributed by atoms with Crippen molar-refractivity contribution in [2.45, 2.75) is 39.2 Å². The number of carboxylic acids is 1. The summed E-state index contributed by atoms with van der Waals surface area (Å²) in [5, 5.41) is 11.8. The van der Waals surface area contributed by atoms with Gasteiger partial charge in [-0.3, -0.25) is 14.5 Å². The van der Waals surface area contributed by atoms with E-state index >= 15 is 0 Å². The molecule has 0 aromatic heterocycles. The molecular weight excluding hydrogens is 256 g/mol. The quantitative estimate of drug-likeness (QED) is 0.711. The number of terminal acetylenes is 1. The minimum atomic E-state index is -0.979. The Kier molecular flexibility index (Phi) is 6.53. The predicted molar refractivity (Wildman–Crippen MR) is 77.0 cm³/mol. The van der Waals surface area contributed by atoms with Gasteiger partial charge < -0.3 is 10.4 Å². The Labute approximate surface area is 120 Å². The first-order valence-corrected chi connectivity index (χ1v) is 7.11. The summed E-state index contributed by atoms with van der Waals surface area (Å²) in [5.74, 6) is 2.31. The van der Waals surface area contributed by atoms with Crippen molar-refractivity contribution in [1.82, 2.24) is 10.2 Å². The fraction of sp³-hybridized carbons (Fsp3) is 0.733. The van der Waals surface area contributed by atoms with Crippen molar-refractivity contribution in [1.29, 1.82) is 0 Å². The second kappa shape index (κ2) is 7.91. The summed E-state index contributed by atoms with van der Waals surface area (Å²) in [6.07, 6.45) is 8.51. The van der Waals surface area contributed by atoms with Gasteiger partial charge in [0.2, 0.25) is 5.91 Å². The molecule has 3 atom stereocenters. The maximum Gasteiger partial charge on any atom is 0.317 e. The molecule has 1 amide bonds. The predicted octanol–water partition coefficient (Wildman–Crippen LogP) is 0.947. The lowest BCUT2D eigenvalue weighted by Gasteiger charge is -2.35. The van der Waals surface area contributed by atoms with Gasteiger partial charge in [-0.05, 0) is 18.3 Å². The summed E-state index contributed by atoms with van der Waals surface area (Å²) in [7, 11) is 0. The molecule has 0 saturated heterocycles. The minimum Gasteiger partial charge on any atom is -0.480 e. The zero-order valence-electron chi connectivity index (χ0n) is 12.3. The zero-order valence-corrected chi connectivity index (χ0v) is 12.3. The van der Waals surface area contributed by atoms with Gasteiger partial charge in [0.25, 0.3) is 0 Å². The molecule has 0 radical (unpaired) electrons. The van der Waals surface area contributed by atoms with Gasteiger partial charge in [-0.1, -0.05) is 32.6 Å². The van der Waals surface area contributed by atoms with Crippen LogP contribution in [0.25, 0.3) is 0 Å². The second-order valence-electron chi connectivity index (χ2n) is 5.68. The van der Waals surface area contributed by atoms with Crippen LogP contribution in [-0.2, 0) is 9.59 Å². The van der Waals surface area contributed by atoms with Crippen LogP contribution in [-0.4, -0.2) is 47.6 Å². The Morgan fingerprint density at radius 3 is 2.65 bits per heavy atom. The minimum absolute atomic E-state index is 0.0358. The van der Waals surface area contributed by atoms with Crippen LogP contribution in [0.2, 0.25) is 0 Å². The number of nitrogens with one attached hydrogen (secondary N) is 1. The number of hydrogen-bond acceptors (Lipinski definition) is 3. The lowest BCUT2D eigenvalue weighted by atomic mass is 9.78. The molecule has 1 aliphatic carbocycles. The molecule has 5 nitrogen and oxygen atoms in total. The van der Waals surface area contributed by atoms with Crippen molar-refractivity contribution >= 4 is 11.9 Å². The first-order chi connectivity index (χ1) is 9.43. The summed E-state index contributed by atoms with van der Waals surface area (Å²) < 4.78 is 0. The van der Waals surface area contributed by atoms with Crippen molar-refractivity contribution in [3.63, 3.8) is 0 Å². The van der Waals surface area contributed by atoms with Gasteiger partial charge in [0.05, 0.1) is 19.6 Å². The van der Waals surface area contributed by atoms with Gasteiger partial charge in [-0.15, -0.1) is 6.42 Å². The molecule has 2 N–H and O–H groups in total. The monoisotopic (exact) mass is 280 g/mol. The van der Waals surface area contributed by atoms with Crippen LogP contribution >= 0.6 is 0 Å². The van der Waals surface area contributed by atoms with E-state index in [1.807, 2.05) is 0 Å². The number of aliphatic carboxylic acids is 1. The molecule has 0 aromatic rings. The number of amides is 1. The number of carboxylic acid groups (broad SMARTS) is 1. The van der Waals surface area contributed by atoms with E-state index in [0.717, 1.165) is 12.8 Å². The van der Waals surface area contributed by atoms with Crippen LogP contribution in [0.3, 0.4) is 0 Å². The van der Waals surface area contributed by atoms with E-state index in [-0.39, 0.29) is 31.6 Å². The molecule has 0 aliphatic heterocycles. The maximum absolute atomic E-state index is 12.0. The SMILES string of the molecule is C#CCN(CC(=O)O)CC(=O)NC1CCCC(C)C1C. The molecule has 1 rings (SSSR count). The van der Waals surface area contributed by atoms with E-state index in [2.05, 4.69) is 25.1 Å². The van der Waals surface area contributed by atoms with E-state index in [0.29, 0.717) is 11.8 Å². The Bertz CT molecular complexity index is 389. The number of carbonyl (C=O) groups is 2. The lowest BCUT2D eigenvalue weighted by Crippen LogP contribution is -2.48. The molecule has 0 bridgehead atoms. The molecule has 0 aromatic carbocycles. The van der Waals surface area contributed by atoms with Gasteiger partial charge in [0.1, 0.15) is 0 Å². The Balaban J connectivity index is 2.48. The summed E-state index contributed by atoms with van der Waals surface area (Å²) in [4.78, 5) is 24.2. The normalized spacial score (nSPS) is 26.0. The highest BCUT2D eigenvalue weighted by Crippen LogP contribution is 2.29. The Morgan fingerprint density at radius 1 is 1.35 bits per heavy atom. The van der Waals surface area contributed by atoms with Gasteiger partial charge in [-0.25, -0.2) is 0 Å². The molecular formula is C15H24N2O3. The third-order valence-corrected chi connectivity index (χ3v) is 4.09. The topological polar surface area (TPSA) is 69.6 Å². The van der Waals surface area contributed by atoms with Gasteiger partial charge in [0.15, 0.2) is 0 Å². The van der Waals surface area contributed by atoms with E-state index in [9.17, 15) is 9.59 Å². The van der Waals surface area contributed by atoms with Crippen molar-refractivity contribution in [3.05, 3.63) is 0 Å². The highest BCUT2D eigenvalue weighted by Gasteiger charge is 2.28. The highest BCUT2D eigenvalue weighted by atomic mass is 16.4. The number of carbonyl (C=O) groups excluding carboxylic acids is 1. The third-order valence-electron chi connectivity index (χ3n) is 4.09. The molecule has 112 valence electrons. The zero-order chi connectivity index (χ0) is 15.1. The number of nitrogens with zero attached hydrogens (tertiary/aromatic N) is 1. The molecule has 3 unspecified atom stereocenters. The standard InChI is InChI=1S/C15H24N2O3/c1-4-8-17(10-15(19)20)9-14(18)16-13-7-5-6-11(2)12(13)3/h1,11-13H,5-10H2,2-3H3,(H,16,18)(H,19,20). The van der Waals surface area contributed by atoms with E-state index in [4.69, 9.17) is 11.5 Å². The largest absolute Gasteiger partial charge is 0.480 e. The summed E-state index contributed by atoms with van der Waals surface area (Å²) in [5.41, 5.74) is 0. The first kappa shape index (κ1) is 16.5. The fourth-order valence-electron chi connectivity index (χ4n) is 2.73. The van der Waals surface area contributed by atoms with Crippen LogP contribution in [0.1, 0.15) is 33.1 Å². The van der Waals surface area contributed by atoms with Crippen LogP contribution < -0.4 is 5.32 Å². The fourth-order valence-corrected chi connectivity index (χ4v) is 2.73. The molecule has 1 saturated carbocycles. The number of rotatable bonds is 6. The smallest absolute Gasteiger partial charge is 0.317 e. The first-order valence-electron chi connectivity index (χ1n) is 7.11. The van der Waals surface area contributed by atoms with E-state index in [1.165, 1.54) is 11.3 Å². The molecule has 0 heterocycles. The van der Waals surface area contributed by atoms with Crippen LogP contribution in [0.15, 0.2) is 0 Å². The molecule has 0 spiro atoms. The summed E-state index contributed by atoms with van der Waals surface area (Å²) in [6.45, 7) is 4.35.